The van der Waals surface area contributed by atoms with Gasteiger partial charge in [0, 0.05) is 23.2 Å². The van der Waals surface area contributed by atoms with Crippen molar-refractivity contribution >= 4 is 44.9 Å². The van der Waals surface area contributed by atoms with Crippen molar-refractivity contribution < 1.29 is 9.18 Å². The van der Waals surface area contributed by atoms with Crippen LogP contribution in [0.15, 0.2) is 71.3 Å². The first kappa shape index (κ1) is 21.9. The second-order valence-corrected chi connectivity index (χ2v) is 9.20. The van der Waals surface area contributed by atoms with Crippen LogP contribution < -0.4 is 4.90 Å². The lowest BCUT2D eigenvalue weighted by atomic mass is 10.1. The third kappa shape index (κ3) is 4.64. The molecule has 0 saturated heterocycles. The number of thiophene rings is 1. The van der Waals surface area contributed by atoms with Crippen molar-refractivity contribution in [3.05, 3.63) is 72.1 Å². The fourth-order valence-electron chi connectivity index (χ4n) is 3.35. The number of carbonyl (C=O) groups excluding carboxylic acids is 1. The Morgan fingerprint density at radius 1 is 1.19 bits per heavy atom. The highest BCUT2D eigenvalue weighted by Crippen LogP contribution is 2.39. The Morgan fingerprint density at radius 3 is 2.66 bits per heavy atom. The molecule has 2 aromatic carbocycles. The van der Waals surface area contributed by atoms with Crippen LogP contribution in [0.3, 0.4) is 0 Å². The number of anilines is 1. The van der Waals surface area contributed by atoms with Crippen LogP contribution in [0, 0.1) is 17.1 Å². The molecule has 4 aromatic rings. The number of thioether (sulfide) groups is 1. The van der Waals surface area contributed by atoms with Gasteiger partial charge in [-0.2, -0.15) is 5.26 Å². The van der Waals surface area contributed by atoms with Crippen LogP contribution in [0.5, 0.6) is 0 Å². The lowest BCUT2D eigenvalue weighted by molar-refractivity contribution is -0.117. The van der Waals surface area contributed by atoms with E-state index < -0.39 is 5.25 Å². The summed E-state index contributed by atoms with van der Waals surface area (Å²) in [7, 11) is 0. The fraction of sp³-hybridized carbons (Fsp3) is 0.167. The molecular weight excluding hydrogens is 443 g/mol. The van der Waals surface area contributed by atoms with Gasteiger partial charge in [-0.25, -0.2) is 14.4 Å². The van der Waals surface area contributed by atoms with Crippen molar-refractivity contribution in [2.75, 3.05) is 11.4 Å². The Hall–Kier alpha value is -3.28. The topological polar surface area (TPSA) is 69.9 Å². The molecule has 0 saturated carbocycles. The van der Waals surface area contributed by atoms with Crippen LogP contribution in [0.1, 0.15) is 13.3 Å². The molecule has 0 N–H and O–H groups in total. The van der Waals surface area contributed by atoms with E-state index in [-0.39, 0.29) is 18.1 Å². The molecule has 2 aromatic heterocycles. The summed E-state index contributed by atoms with van der Waals surface area (Å²) in [6.45, 7) is 2.16. The second-order valence-electron chi connectivity index (χ2n) is 7.01. The Morgan fingerprint density at radius 2 is 1.94 bits per heavy atom. The quantitative estimate of drug-likeness (QED) is 0.252. The number of rotatable bonds is 7. The zero-order chi connectivity index (χ0) is 22.5. The first-order chi connectivity index (χ1) is 15.6. The summed E-state index contributed by atoms with van der Waals surface area (Å²) in [6, 6.07) is 17.8. The lowest BCUT2D eigenvalue weighted by Crippen LogP contribution is -2.37. The molecule has 2 heterocycles. The van der Waals surface area contributed by atoms with Crippen molar-refractivity contribution in [1.29, 1.82) is 5.26 Å². The van der Waals surface area contributed by atoms with Gasteiger partial charge in [0.25, 0.3) is 0 Å². The van der Waals surface area contributed by atoms with E-state index in [0.717, 1.165) is 27.0 Å². The first-order valence-corrected chi connectivity index (χ1v) is 11.7. The van der Waals surface area contributed by atoms with Crippen molar-refractivity contribution in [2.24, 2.45) is 0 Å². The van der Waals surface area contributed by atoms with E-state index in [0.29, 0.717) is 11.6 Å². The van der Waals surface area contributed by atoms with Crippen molar-refractivity contribution in [1.82, 2.24) is 9.97 Å². The number of hydrogen-bond donors (Lipinski definition) is 0. The molecule has 0 fully saturated rings. The van der Waals surface area contributed by atoms with Crippen LogP contribution in [0.25, 0.3) is 21.3 Å². The lowest BCUT2D eigenvalue weighted by Gasteiger charge is -2.25. The van der Waals surface area contributed by atoms with Crippen molar-refractivity contribution in [2.45, 2.75) is 23.6 Å². The molecule has 0 aliphatic heterocycles. The Labute approximate surface area is 193 Å². The average Bonchev–Trinajstić information content (AvgIpc) is 3.25. The summed E-state index contributed by atoms with van der Waals surface area (Å²) in [6.07, 6.45) is 1.74. The summed E-state index contributed by atoms with van der Waals surface area (Å²) in [5.74, 6) is -0.390. The summed E-state index contributed by atoms with van der Waals surface area (Å²) in [5.41, 5.74) is 2.54. The molecule has 5 nitrogen and oxygen atoms in total. The summed E-state index contributed by atoms with van der Waals surface area (Å²) >= 11 is 2.85. The monoisotopic (exact) mass is 462 g/mol. The van der Waals surface area contributed by atoms with E-state index in [1.54, 1.807) is 17.0 Å². The maximum atomic E-state index is 13.4. The highest BCUT2D eigenvalue weighted by atomic mass is 32.2. The van der Waals surface area contributed by atoms with Gasteiger partial charge in [-0.3, -0.25) is 4.79 Å². The highest BCUT2D eigenvalue weighted by molar-refractivity contribution is 8.00. The number of aromatic nitrogens is 2. The number of nitrogens with zero attached hydrogens (tertiary/aromatic N) is 4. The Balaban J connectivity index is 1.65. The maximum absolute atomic E-state index is 13.4. The Bertz CT molecular complexity index is 1270. The fourth-order valence-corrected chi connectivity index (χ4v) is 5.33. The molecule has 0 bridgehead atoms. The number of halogens is 1. The summed E-state index contributed by atoms with van der Waals surface area (Å²) in [5, 5.41) is 12.1. The van der Waals surface area contributed by atoms with E-state index >= 15 is 0 Å². The van der Waals surface area contributed by atoms with Gasteiger partial charge < -0.3 is 4.90 Å². The van der Waals surface area contributed by atoms with Crippen molar-refractivity contribution in [3.8, 4) is 17.2 Å². The summed E-state index contributed by atoms with van der Waals surface area (Å²) < 4.78 is 13.4. The van der Waals surface area contributed by atoms with Crippen LogP contribution in [0.2, 0.25) is 0 Å². The average molecular weight is 463 g/mol. The van der Waals surface area contributed by atoms with Gasteiger partial charge in [0.15, 0.2) is 0 Å². The van der Waals surface area contributed by atoms with E-state index in [4.69, 9.17) is 5.26 Å². The second kappa shape index (κ2) is 9.90. The molecule has 160 valence electrons. The minimum Gasteiger partial charge on any atom is -0.310 e. The van der Waals surface area contributed by atoms with Crippen LogP contribution in [0.4, 0.5) is 10.1 Å². The van der Waals surface area contributed by atoms with Gasteiger partial charge in [0.05, 0.1) is 23.1 Å². The smallest absolute Gasteiger partial charge is 0.240 e. The summed E-state index contributed by atoms with van der Waals surface area (Å²) in [4.78, 5) is 24.6. The Kier molecular flexibility index (Phi) is 6.78. The van der Waals surface area contributed by atoms with Gasteiger partial charge in [0.2, 0.25) is 5.91 Å². The molecule has 32 heavy (non-hydrogen) atoms. The van der Waals surface area contributed by atoms with Gasteiger partial charge in [0.1, 0.15) is 22.0 Å². The molecule has 4 rings (SSSR count). The van der Waals surface area contributed by atoms with Gasteiger partial charge in [-0.05, 0) is 36.8 Å². The van der Waals surface area contributed by atoms with E-state index in [9.17, 15) is 9.18 Å². The van der Waals surface area contributed by atoms with Crippen molar-refractivity contribution in [3.63, 3.8) is 0 Å². The third-order valence-corrected chi connectivity index (χ3v) is 6.88. The number of para-hydroxylation sites is 1. The molecule has 0 spiro atoms. The molecule has 0 radical (unpaired) electrons. The largest absolute Gasteiger partial charge is 0.310 e. The molecule has 1 unspecified atom stereocenters. The van der Waals surface area contributed by atoms with Gasteiger partial charge in [-0.15, -0.1) is 11.3 Å². The van der Waals surface area contributed by atoms with Crippen LogP contribution >= 0.6 is 23.1 Å². The first-order valence-electron chi connectivity index (χ1n) is 9.96. The number of carbonyl (C=O) groups is 1. The maximum Gasteiger partial charge on any atom is 0.240 e. The normalized spacial score (nSPS) is 11.8. The van der Waals surface area contributed by atoms with Crippen LogP contribution in [-0.4, -0.2) is 27.7 Å². The molecule has 1 atom stereocenters. The standard InChI is InChI=1S/C24H19FN4OS2/c1-16(24(30)29(13-5-12-26)19-6-3-2-4-7-19)32-23-21-20(14-31-22(21)27-15-28-23)17-8-10-18(25)11-9-17/h2-4,6-11,14-16H,5,13H2,1H3. The molecule has 0 aliphatic carbocycles. The van der Waals surface area contributed by atoms with Crippen LogP contribution in [-0.2, 0) is 4.79 Å². The SMILES string of the molecule is CC(Sc1ncnc2scc(-c3ccc(F)cc3)c12)C(=O)N(CCC#N)c1ccccc1. The van der Waals surface area contributed by atoms with Gasteiger partial charge in [-0.1, -0.05) is 42.1 Å². The number of amides is 1. The zero-order valence-electron chi connectivity index (χ0n) is 17.2. The number of nitriles is 1. The van der Waals surface area contributed by atoms with E-state index in [1.807, 2.05) is 42.6 Å². The highest BCUT2D eigenvalue weighted by Gasteiger charge is 2.25. The predicted molar refractivity (Wildman–Crippen MR) is 127 cm³/mol. The predicted octanol–water partition coefficient (Wildman–Crippen LogP) is 5.92. The molecule has 0 aliphatic rings. The minimum atomic E-state index is -0.437. The number of benzene rings is 2. The number of hydrogen-bond acceptors (Lipinski definition) is 6. The molecular formula is C24H19FN4OS2. The zero-order valence-corrected chi connectivity index (χ0v) is 18.9. The van der Waals surface area contributed by atoms with Gasteiger partial charge >= 0.3 is 0 Å². The van der Waals surface area contributed by atoms with E-state index in [2.05, 4.69) is 16.0 Å². The number of fused-ring (bicyclic) bond motifs is 1. The minimum absolute atomic E-state index is 0.0956. The van der Waals surface area contributed by atoms with E-state index in [1.165, 1.54) is 41.6 Å². The molecule has 8 heteroatoms. The molecule has 1 amide bonds. The third-order valence-electron chi connectivity index (χ3n) is 4.91.